The first-order valence-corrected chi connectivity index (χ1v) is 12.3. The van der Waals surface area contributed by atoms with E-state index in [9.17, 15) is 0 Å². The summed E-state index contributed by atoms with van der Waals surface area (Å²) < 4.78 is 24.6. The Balaban J connectivity index is 3.06. The fraction of sp³-hybridized carbons (Fsp3) is 1.00. The standard InChI is InChI=1S/C9H21Cl3N3O3P3/c1-4-7-16-20-13-21(17-8-5-2,18-9-6-3)15(11)19(12)14(20)10/h4-9H2,1-3H3. The first kappa shape index (κ1) is 20.8. The van der Waals surface area contributed by atoms with E-state index < -0.39 is 23.7 Å². The average molecular weight is 419 g/mol. The summed E-state index contributed by atoms with van der Waals surface area (Å²) in [6, 6.07) is 0. The Bertz CT molecular complexity index is 358. The van der Waals surface area contributed by atoms with Gasteiger partial charge in [-0.2, -0.15) is 4.52 Å². The topological polar surface area (TPSA) is 46.5 Å². The van der Waals surface area contributed by atoms with Crippen molar-refractivity contribution in [2.24, 2.45) is 4.52 Å². The first-order valence-electron chi connectivity index (χ1n) is 6.74. The molecule has 0 spiro atoms. The molecule has 1 rings (SSSR count). The second-order valence-corrected chi connectivity index (χ2v) is 12.3. The van der Waals surface area contributed by atoms with Crippen LogP contribution in [0.15, 0.2) is 4.52 Å². The van der Waals surface area contributed by atoms with Crippen molar-refractivity contribution in [1.29, 1.82) is 0 Å². The van der Waals surface area contributed by atoms with Crippen LogP contribution in [0.5, 0.6) is 0 Å². The van der Waals surface area contributed by atoms with Gasteiger partial charge in [0, 0.05) is 0 Å². The summed E-state index contributed by atoms with van der Waals surface area (Å²) in [6.45, 7) is 7.55. The first-order chi connectivity index (χ1) is 10.0. The minimum Gasteiger partial charge on any atom is -0.325 e. The van der Waals surface area contributed by atoms with Gasteiger partial charge >= 0.3 is 7.66 Å². The molecule has 0 fully saturated rings. The van der Waals surface area contributed by atoms with Crippen molar-refractivity contribution in [3.63, 3.8) is 0 Å². The summed E-state index contributed by atoms with van der Waals surface area (Å²) in [4.78, 5) is 0. The Hall–Kier alpha value is 1.76. The van der Waals surface area contributed by atoms with Gasteiger partial charge in [-0.25, -0.2) is 0 Å². The van der Waals surface area contributed by atoms with Crippen LogP contribution in [-0.2, 0) is 13.6 Å². The van der Waals surface area contributed by atoms with E-state index in [4.69, 9.17) is 48.4 Å². The molecule has 0 aromatic carbocycles. The molecule has 21 heavy (non-hydrogen) atoms. The van der Waals surface area contributed by atoms with E-state index in [2.05, 4.69) is 4.52 Å². The van der Waals surface area contributed by atoms with Gasteiger partial charge in [0.25, 0.3) is 8.45 Å². The Labute approximate surface area is 144 Å². The lowest BCUT2D eigenvalue weighted by atomic mass is 10.5. The maximum Gasteiger partial charge on any atom is 0.317 e. The molecular formula is C9H21Cl3N3O3P3. The van der Waals surface area contributed by atoms with E-state index in [0.717, 1.165) is 19.3 Å². The smallest absolute Gasteiger partial charge is 0.317 e. The molecule has 2 atom stereocenters. The molecule has 2 unspecified atom stereocenters. The van der Waals surface area contributed by atoms with E-state index in [1.165, 1.54) is 7.92 Å². The Kier molecular flexibility index (Phi) is 10.5. The van der Waals surface area contributed by atoms with Crippen molar-refractivity contribution in [2.45, 2.75) is 40.0 Å². The molecule has 1 aliphatic rings. The summed E-state index contributed by atoms with van der Waals surface area (Å²) >= 11 is 18.8. The van der Waals surface area contributed by atoms with Crippen molar-refractivity contribution in [1.82, 2.24) is 7.92 Å². The van der Waals surface area contributed by atoms with Gasteiger partial charge in [-0.1, -0.05) is 36.0 Å². The molecule has 6 nitrogen and oxygen atoms in total. The number of hydrogen-bond acceptors (Lipinski definition) is 6. The third-order valence-corrected chi connectivity index (χ3v) is 12.3. The second-order valence-electron chi connectivity index (χ2n) is 4.05. The van der Waals surface area contributed by atoms with Gasteiger partial charge < -0.3 is 13.6 Å². The molecule has 0 aromatic rings. The van der Waals surface area contributed by atoms with Crippen LogP contribution in [-0.4, -0.2) is 27.7 Å². The Morgan fingerprint density at radius 1 is 1.00 bits per heavy atom. The van der Waals surface area contributed by atoms with Crippen molar-refractivity contribution in [3.05, 3.63) is 0 Å². The minimum atomic E-state index is -2.81. The third-order valence-electron chi connectivity index (χ3n) is 2.15. The van der Waals surface area contributed by atoms with E-state index in [0.29, 0.717) is 19.8 Å². The van der Waals surface area contributed by atoms with Crippen LogP contribution in [0.4, 0.5) is 0 Å². The molecule has 1 heterocycles. The fourth-order valence-corrected chi connectivity index (χ4v) is 10.9. The zero-order valence-corrected chi connectivity index (χ0v) is 17.2. The highest BCUT2D eigenvalue weighted by Crippen LogP contribution is 2.81. The monoisotopic (exact) mass is 417 g/mol. The van der Waals surface area contributed by atoms with Crippen molar-refractivity contribution < 1.29 is 13.6 Å². The third kappa shape index (κ3) is 5.66. The number of nitrogens with zero attached hydrogens (tertiary/aromatic N) is 3. The molecule has 0 aliphatic carbocycles. The summed E-state index contributed by atoms with van der Waals surface area (Å²) in [5.74, 6) is 0. The molecule has 0 radical (unpaired) electrons. The fourth-order valence-electron chi connectivity index (χ4n) is 1.23. The van der Waals surface area contributed by atoms with Gasteiger partial charge in [0.2, 0.25) is 0 Å². The lowest BCUT2D eigenvalue weighted by Crippen LogP contribution is -2.17. The minimum absolute atomic E-state index is 0.490. The normalized spacial score (nSPS) is 26.8. The van der Waals surface area contributed by atoms with Crippen LogP contribution in [0.2, 0.25) is 0 Å². The quantitative estimate of drug-likeness (QED) is 0.303. The van der Waals surface area contributed by atoms with E-state index in [-0.39, 0.29) is 0 Å². The second kappa shape index (κ2) is 10.6. The van der Waals surface area contributed by atoms with E-state index >= 15 is 0 Å². The highest BCUT2D eigenvalue weighted by Gasteiger charge is 2.47. The molecule has 0 bridgehead atoms. The van der Waals surface area contributed by atoms with Crippen LogP contribution in [0.3, 0.4) is 0 Å². The number of halogens is 3. The molecule has 1 aliphatic heterocycles. The largest absolute Gasteiger partial charge is 0.325 e. The summed E-state index contributed by atoms with van der Waals surface area (Å²) in [6.07, 6.45) is 2.52. The summed E-state index contributed by atoms with van der Waals surface area (Å²) in [7, 11) is -5.75. The highest BCUT2D eigenvalue weighted by molar-refractivity contribution is 7.94. The number of hydrogen-bond donors (Lipinski definition) is 0. The van der Waals surface area contributed by atoms with Crippen LogP contribution < -0.4 is 0 Å². The molecule has 0 N–H and O–H groups in total. The highest BCUT2D eigenvalue weighted by atomic mass is 35.7. The van der Waals surface area contributed by atoms with E-state index in [1.54, 1.807) is 0 Å². The van der Waals surface area contributed by atoms with Gasteiger partial charge in [-0.15, -0.1) is 3.96 Å². The zero-order valence-electron chi connectivity index (χ0n) is 12.3. The SMILES string of the molecule is CCCOP1N=P(OCCC)(OCCC)N(Cl)P(Cl)N1Cl. The van der Waals surface area contributed by atoms with Crippen LogP contribution in [0, 0.1) is 0 Å². The molecule has 126 valence electrons. The number of rotatable bonds is 9. The molecule has 12 heteroatoms. The maximum atomic E-state index is 6.33. The summed E-state index contributed by atoms with van der Waals surface area (Å²) in [5.41, 5.74) is 0. The van der Waals surface area contributed by atoms with Crippen LogP contribution in [0.1, 0.15) is 40.0 Å². The molecule has 0 aromatic heterocycles. The predicted molar refractivity (Wildman–Crippen MR) is 93.2 cm³/mol. The van der Waals surface area contributed by atoms with Crippen LogP contribution >= 0.6 is 58.5 Å². The predicted octanol–water partition coefficient (Wildman–Crippen LogP) is 6.83. The van der Waals surface area contributed by atoms with E-state index in [1.807, 2.05) is 20.8 Å². The maximum absolute atomic E-state index is 6.33. The average Bonchev–Trinajstić information content (AvgIpc) is 2.50. The summed E-state index contributed by atoms with van der Waals surface area (Å²) in [5, 5.41) is 0. The van der Waals surface area contributed by atoms with Crippen molar-refractivity contribution in [3.8, 4) is 0 Å². The lowest BCUT2D eigenvalue weighted by molar-refractivity contribution is 0.226. The van der Waals surface area contributed by atoms with Crippen molar-refractivity contribution in [2.75, 3.05) is 19.8 Å². The Morgan fingerprint density at radius 2 is 1.52 bits per heavy atom. The van der Waals surface area contributed by atoms with Gasteiger partial charge in [0.15, 0.2) is 7.58 Å². The van der Waals surface area contributed by atoms with Gasteiger partial charge in [-0.05, 0) is 42.8 Å². The Morgan fingerprint density at radius 3 is 2.00 bits per heavy atom. The van der Waals surface area contributed by atoms with Crippen LogP contribution in [0.25, 0.3) is 0 Å². The van der Waals surface area contributed by atoms with Gasteiger partial charge in [0.05, 0.1) is 19.8 Å². The molecule has 0 amide bonds. The lowest BCUT2D eigenvalue weighted by Gasteiger charge is -2.39. The van der Waals surface area contributed by atoms with Crippen molar-refractivity contribution >= 4 is 58.5 Å². The van der Waals surface area contributed by atoms with Gasteiger partial charge in [0.1, 0.15) is 0 Å². The zero-order chi connectivity index (χ0) is 15.9. The molecule has 0 saturated heterocycles. The molecular weight excluding hydrogens is 397 g/mol. The van der Waals surface area contributed by atoms with Gasteiger partial charge in [-0.3, -0.25) is 0 Å². The molecule has 0 saturated carbocycles.